The lowest BCUT2D eigenvalue weighted by Crippen LogP contribution is -2.25. The Bertz CT molecular complexity index is 770. The van der Waals surface area contributed by atoms with E-state index in [0.29, 0.717) is 11.5 Å². The highest BCUT2D eigenvalue weighted by Gasteiger charge is 2.33. The lowest BCUT2D eigenvalue weighted by molar-refractivity contribution is -0.135. The van der Waals surface area contributed by atoms with Gasteiger partial charge in [0.1, 0.15) is 5.82 Å². The normalized spacial score (nSPS) is 16.6. The van der Waals surface area contributed by atoms with Crippen LogP contribution in [0.5, 0.6) is 0 Å². The van der Waals surface area contributed by atoms with E-state index in [1.165, 1.54) is 24.1 Å². The average molecular weight is 327 g/mol. The summed E-state index contributed by atoms with van der Waals surface area (Å²) >= 11 is 0. The molecule has 2 aromatic carbocycles. The molecule has 0 saturated carbocycles. The lowest BCUT2D eigenvalue weighted by Gasteiger charge is -2.20. The van der Waals surface area contributed by atoms with Crippen LogP contribution < -0.4 is 4.90 Å². The Morgan fingerprint density at radius 1 is 1.12 bits per heavy atom. The molecule has 124 valence electrons. The van der Waals surface area contributed by atoms with Gasteiger partial charge in [0.25, 0.3) is 0 Å². The van der Waals surface area contributed by atoms with Crippen LogP contribution in [0.1, 0.15) is 24.3 Å². The van der Waals surface area contributed by atoms with Crippen LogP contribution in [0.15, 0.2) is 53.6 Å². The van der Waals surface area contributed by atoms with E-state index < -0.39 is 6.23 Å². The van der Waals surface area contributed by atoms with E-state index in [0.717, 1.165) is 11.3 Å². The lowest BCUT2D eigenvalue weighted by atomic mass is 10.1. The van der Waals surface area contributed by atoms with Gasteiger partial charge >= 0.3 is 0 Å². The number of rotatable bonds is 3. The number of hydrazone groups is 1. The minimum absolute atomic E-state index is 0.228. The zero-order valence-electron chi connectivity index (χ0n) is 13.7. The minimum atomic E-state index is -0.626. The van der Waals surface area contributed by atoms with E-state index >= 15 is 0 Å². The third-order valence-electron chi connectivity index (χ3n) is 3.75. The standard InChI is InChI=1S/C18H18FN3O2/c1-12(23)22-18(14-6-10-16(11-7-14)21(2)3)24-17(20-22)13-4-8-15(19)9-5-13/h4-11,18H,1-3H3/t18-/m1/s1. The molecule has 3 rings (SSSR count). The fourth-order valence-corrected chi connectivity index (χ4v) is 2.43. The maximum atomic E-state index is 13.1. The molecule has 0 spiro atoms. The third-order valence-corrected chi connectivity index (χ3v) is 3.75. The fraction of sp³-hybridized carbons (Fsp3) is 0.222. The van der Waals surface area contributed by atoms with Gasteiger partial charge in [0.2, 0.25) is 18.0 Å². The van der Waals surface area contributed by atoms with Crippen LogP contribution >= 0.6 is 0 Å². The van der Waals surface area contributed by atoms with Crippen molar-refractivity contribution in [3.8, 4) is 0 Å². The quantitative estimate of drug-likeness (QED) is 0.870. The molecule has 0 aromatic heterocycles. The van der Waals surface area contributed by atoms with Crippen LogP contribution in [-0.4, -0.2) is 30.9 Å². The molecule has 0 N–H and O–H groups in total. The second kappa shape index (κ2) is 6.31. The molecule has 1 heterocycles. The van der Waals surface area contributed by atoms with E-state index in [4.69, 9.17) is 4.74 Å². The molecule has 0 fully saturated rings. The summed E-state index contributed by atoms with van der Waals surface area (Å²) < 4.78 is 18.9. The predicted octanol–water partition coefficient (Wildman–Crippen LogP) is 3.13. The molecule has 0 unspecified atom stereocenters. The number of carbonyl (C=O) groups is 1. The Morgan fingerprint density at radius 2 is 1.75 bits per heavy atom. The van der Waals surface area contributed by atoms with Gasteiger partial charge in [0.15, 0.2) is 0 Å². The van der Waals surface area contributed by atoms with Gasteiger partial charge in [-0.05, 0) is 36.4 Å². The first-order valence-electron chi connectivity index (χ1n) is 7.54. The SMILES string of the molecule is CC(=O)N1N=C(c2ccc(F)cc2)O[C@@H]1c1ccc(N(C)C)cc1. The van der Waals surface area contributed by atoms with Crippen LogP contribution in [0.2, 0.25) is 0 Å². The molecule has 0 radical (unpaired) electrons. The van der Waals surface area contributed by atoms with Crippen LogP contribution in [0.4, 0.5) is 10.1 Å². The van der Waals surface area contributed by atoms with Crippen molar-refractivity contribution in [2.75, 3.05) is 19.0 Å². The highest BCUT2D eigenvalue weighted by molar-refractivity contribution is 5.96. The minimum Gasteiger partial charge on any atom is -0.446 e. The van der Waals surface area contributed by atoms with Crippen molar-refractivity contribution in [3.63, 3.8) is 0 Å². The van der Waals surface area contributed by atoms with E-state index in [1.54, 1.807) is 12.1 Å². The molecule has 0 saturated heterocycles. The molecule has 2 aromatic rings. The van der Waals surface area contributed by atoms with E-state index in [1.807, 2.05) is 43.3 Å². The number of hydrogen-bond acceptors (Lipinski definition) is 4. The summed E-state index contributed by atoms with van der Waals surface area (Å²) in [5, 5.41) is 5.54. The summed E-state index contributed by atoms with van der Waals surface area (Å²) in [5.41, 5.74) is 2.48. The second-order valence-electron chi connectivity index (χ2n) is 5.73. The molecule has 1 aliphatic rings. The first-order valence-corrected chi connectivity index (χ1v) is 7.54. The van der Waals surface area contributed by atoms with Crippen LogP contribution in [0.25, 0.3) is 0 Å². The number of ether oxygens (including phenoxy) is 1. The highest BCUT2D eigenvalue weighted by atomic mass is 19.1. The Morgan fingerprint density at radius 3 is 2.29 bits per heavy atom. The molecule has 5 nitrogen and oxygen atoms in total. The van der Waals surface area contributed by atoms with Gasteiger partial charge in [0.05, 0.1) is 0 Å². The van der Waals surface area contributed by atoms with Crippen molar-refractivity contribution in [2.45, 2.75) is 13.2 Å². The van der Waals surface area contributed by atoms with Crippen LogP contribution in [0, 0.1) is 5.82 Å². The smallest absolute Gasteiger partial charge is 0.243 e. The van der Waals surface area contributed by atoms with Crippen molar-refractivity contribution in [2.24, 2.45) is 5.10 Å². The Kier molecular flexibility index (Phi) is 4.20. The number of hydrogen-bond donors (Lipinski definition) is 0. The first-order chi connectivity index (χ1) is 11.5. The van der Waals surface area contributed by atoms with E-state index in [2.05, 4.69) is 5.10 Å². The monoisotopic (exact) mass is 327 g/mol. The van der Waals surface area contributed by atoms with Gasteiger partial charge < -0.3 is 9.64 Å². The van der Waals surface area contributed by atoms with Gasteiger partial charge in [-0.15, -0.1) is 5.10 Å². The molecule has 6 heteroatoms. The molecular weight excluding hydrogens is 309 g/mol. The summed E-state index contributed by atoms with van der Waals surface area (Å²) in [6.07, 6.45) is -0.626. The fourth-order valence-electron chi connectivity index (χ4n) is 2.43. The summed E-state index contributed by atoms with van der Waals surface area (Å²) in [4.78, 5) is 13.9. The summed E-state index contributed by atoms with van der Waals surface area (Å²) in [5.74, 6) is -0.266. The largest absolute Gasteiger partial charge is 0.446 e. The molecule has 1 amide bonds. The molecule has 1 atom stereocenters. The molecule has 0 bridgehead atoms. The topological polar surface area (TPSA) is 45.1 Å². The maximum Gasteiger partial charge on any atom is 0.243 e. The Balaban J connectivity index is 1.89. The zero-order chi connectivity index (χ0) is 17.3. The van der Waals surface area contributed by atoms with Crippen molar-refractivity contribution in [1.29, 1.82) is 0 Å². The van der Waals surface area contributed by atoms with E-state index in [-0.39, 0.29) is 11.7 Å². The Hall–Kier alpha value is -2.89. The summed E-state index contributed by atoms with van der Waals surface area (Å²) in [7, 11) is 3.91. The van der Waals surface area contributed by atoms with Gasteiger partial charge in [0, 0.05) is 37.8 Å². The zero-order valence-corrected chi connectivity index (χ0v) is 13.7. The Labute approximate surface area is 139 Å². The first kappa shape index (κ1) is 16.0. The molecule has 0 aliphatic carbocycles. The number of benzene rings is 2. The van der Waals surface area contributed by atoms with Crippen LogP contribution in [0.3, 0.4) is 0 Å². The van der Waals surface area contributed by atoms with E-state index in [9.17, 15) is 9.18 Å². The average Bonchev–Trinajstić information content (AvgIpc) is 3.01. The van der Waals surface area contributed by atoms with Crippen LogP contribution in [-0.2, 0) is 9.53 Å². The second-order valence-corrected chi connectivity index (χ2v) is 5.73. The highest BCUT2D eigenvalue weighted by Crippen LogP contribution is 2.31. The summed E-state index contributed by atoms with van der Waals surface area (Å²) in [6, 6.07) is 13.5. The van der Waals surface area contributed by atoms with Crippen molar-refractivity contribution >= 4 is 17.5 Å². The number of nitrogens with zero attached hydrogens (tertiary/aromatic N) is 3. The number of anilines is 1. The molecular formula is C18H18FN3O2. The van der Waals surface area contributed by atoms with Crippen molar-refractivity contribution in [3.05, 3.63) is 65.5 Å². The predicted molar refractivity (Wildman–Crippen MR) is 90.1 cm³/mol. The maximum absolute atomic E-state index is 13.1. The van der Waals surface area contributed by atoms with Crippen molar-refractivity contribution < 1.29 is 13.9 Å². The van der Waals surface area contributed by atoms with Gasteiger partial charge in [-0.3, -0.25) is 4.79 Å². The number of amides is 1. The third kappa shape index (κ3) is 3.08. The van der Waals surface area contributed by atoms with Gasteiger partial charge in [-0.1, -0.05) is 12.1 Å². The number of carbonyl (C=O) groups excluding carboxylic acids is 1. The van der Waals surface area contributed by atoms with Crippen molar-refractivity contribution in [1.82, 2.24) is 5.01 Å². The molecule has 24 heavy (non-hydrogen) atoms. The number of halogens is 1. The molecule has 1 aliphatic heterocycles. The summed E-state index contributed by atoms with van der Waals surface area (Å²) in [6.45, 7) is 1.43. The van der Waals surface area contributed by atoms with Gasteiger partial charge in [-0.25, -0.2) is 4.39 Å². The van der Waals surface area contributed by atoms with Gasteiger partial charge in [-0.2, -0.15) is 5.01 Å².